The van der Waals surface area contributed by atoms with Gasteiger partial charge in [-0.25, -0.2) is 0 Å². The highest BCUT2D eigenvalue weighted by Crippen LogP contribution is 2.65. The highest BCUT2D eigenvalue weighted by atomic mass is 15.2. The third-order valence-corrected chi connectivity index (χ3v) is 7.49. The SMILES string of the molecule is CC(C)N1CCC(NC2CC3CCC2(C)C3(C)C)CC1. The molecule has 116 valence electrons. The maximum absolute atomic E-state index is 4.08. The van der Waals surface area contributed by atoms with Gasteiger partial charge in [0.05, 0.1) is 0 Å². The summed E-state index contributed by atoms with van der Waals surface area (Å²) in [6.07, 6.45) is 7.01. The molecular formula is C18H34N2. The zero-order valence-electron chi connectivity index (χ0n) is 14.2. The van der Waals surface area contributed by atoms with Gasteiger partial charge in [0.2, 0.25) is 0 Å². The third-order valence-electron chi connectivity index (χ3n) is 7.49. The molecule has 2 bridgehead atoms. The van der Waals surface area contributed by atoms with Crippen molar-refractivity contribution in [2.24, 2.45) is 16.7 Å². The monoisotopic (exact) mass is 278 g/mol. The summed E-state index contributed by atoms with van der Waals surface area (Å²) in [6, 6.07) is 2.25. The molecule has 2 heteroatoms. The van der Waals surface area contributed by atoms with Gasteiger partial charge < -0.3 is 10.2 Å². The summed E-state index contributed by atoms with van der Waals surface area (Å²) in [5.41, 5.74) is 1.08. The molecule has 3 fully saturated rings. The first-order valence-corrected chi connectivity index (χ1v) is 8.84. The number of rotatable bonds is 3. The van der Waals surface area contributed by atoms with Crippen LogP contribution in [0.15, 0.2) is 0 Å². The van der Waals surface area contributed by atoms with Gasteiger partial charge in [-0.05, 0) is 75.8 Å². The lowest BCUT2D eigenvalue weighted by atomic mass is 9.69. The molecule has 20 heavy (non-hydrogen) atoms. The van der Waals surface area contributed by atoms with Crippen LogP contribution in [0.5, 0.6) is 0 Å². The summed E-state index contributed by atoms with van der Waals surface area (Å²) in [5.74, 6) is 0.959. The molecule has 3 unspecified atom stereocenters. The van der Waals surface area contributed by atoms with Crippen LogP contribution < -0.4 is 5.32 Å². The van der Waals surface area contributed by atoms with Gasteiger partial charge >= 0.3 is 0 Å². The van der Waals surface area contributed by atoms with Gasteiger partial charge in [-0.3, -0.25) is 0 Å². The second kappa shape index (κ2) is 4.98. The third kappa shape index (κ3) is 2.14. The van der Waals surface area contributed by atoms with Crippen molar-refractivity contribution in [2.75, 3.05) is 13.1 Å². The maximum atomic E-state index is 4.08. The van der Waals surface area contributed by atoms with E-state index in [0.29, 0.717) is 10.8 Å². The number of fused-ring (bicyclic) bond motifs is 2. The molecule has 0 spiro atoms. The summed E-state index contributed by atoms with van der Waals surface area (Å²) in [4.78, 5) is 2.63. The molecule has 0 aromatic heterocycles. The lowest BCUT2D eigenvalue weighted by Gasteiger charge is -2.43. The van der Waals surface area contributed by atoms with Crippen LogP contribution >= 0.6 is 0 Å². The standard InChI is InChI=1S/C18H34N2/c1-13(2)20-10-7-15(8-11-20)19-16-12-14-6-9-18(16,5)17(14,3)4/h13-16,19H,6-12H2,1-5H3. The Morgan fingerprint density at radius 2 is 1.70 bits per heavy atom. The Labute approximate surface area is 125 Å². The van der Waals surface area contributed by atoms with Crippen molar-refractivity contribution in [3.05, 3.63) is 0 Å². The Bertz CT molecular complexity index is 354. The average Bonchev–Trinajstić information content (AvgIpc) is 2.72. The molecule has 2 aliphatic carbocycles. The molecule has 0 amide bonds. The summed E-state index contributed by atoms with van der Waals surface area (Å²) < 4.78 is 0. The number of hydrogen-bond donors (Lipinski definition) is 1. The van der Waals surface area contributed by atoms with Crippen LogP contribution in [0.1, 0.15) is 66.7 Å². The number of hydrogen-bond acceptors (Lipinski definition) is 2. The first-order chi connectivity index (χ1) is 9.34. The zero-order chi connectivity index (χ0) is 14.5. The lowest BCUT2D eigenvalue weighted by molar-refractivity contribution is 0.0987. The summed E-state index contributed by atoms with van der Waals surface area (Å²) >= 11 is 0. The minimum absolute atomic E-state index is 0.535. The first-order valence-electron chi connectivity index (χ1n) is 8.84. The van der Waals surface area contributed by atoms with Crippen LogP contribution in [0.25, 0.3) is 0 Å². The van der Waals surface area contributed by atoms with Crippen LogP contribution in [0, 0.1) is 16.7 Å². The van der Waals surface area contributed by atoms with Crippen LogP contribution in [0.2, 0.25) is 0 Å². The molecule has 1 saturated heterocycles. The van der Waals surface area contributed by atoms with Crippen molar-refractivity contribution in [2.45, 2.75) is 84.8 Å². The van der Waals surface area contributed by atoms with Gasteiger partial charge in [-0.2, -0.15) is 0 Å². The molecule has 0 aromatic rings. The Kier molecular flexibility index (Phi) is 3.70. The van der Waals surface area contributed by atoms with Gasteiger partial charge in [-0.15, -0.1) is 0 Å². The predicted molar refractivity (Wildman–Crippen MR) is 85.9 cm³/mol. The van der Waals surface area contributed by atoms with Crippen LogP contribution in [0.4, 0.5) is 0 Å². The van der Waals surface area contributed by atoms with Crippen molar-refractivity contribution in [3.8, 4) is 0 Å². The van der Waals surface area contributed by atoms with Gasteiger partial charge in [0, 0.05) is 18.1 Å². The predicted octanol–water partition coefficient (Wildman–Crippen LogP) is 3.66. The Balaban J connectivity index is 1.58. The molecule has 1 N–H and O–H groups in total. The van der Waals surface area contributed by atoms with Crippen molar-refractivity contribution in [1.82, 2.24) is 10.2 Å². The average molecular weight is 278 g/mol. The van der Waals surface area contributed by atoms with E-state index in [9.17, 15) is 0 Å². The largest absolute Gasteiger partial charge is 0.311 e. The van der Waals surface area contributed by atoms with Crippen molar-refractivity contribution in [1.29, 1.82) is 0 Å². The normalized spacial score (nSPS) is 41.7. The molecule has 0 aromatic carbocycles. The summed E-state index contributed by atoms with van der Waals surface area (Å²) in [5, 5.41) is 4.08. The van der Waals surface area contributed by atoms with Gasteiger partial charge in [0.25, 0.3) is 0 Å². The number of nitrogens with zero attached hydrogens (tertiary/aromatic N) is 1. The first kappa shape index (κ1) is 14.8. The second-order valence-corrected chi connectivity index (χ2v) is 8.73. The van der Waals surface area contributed by atoms with Crippen molar-refractivity contribution >= 4 is 0 Å². The maximum Gasteiger partial charge on any atom is 0.0131 e. The Hall–Kier alpha value is -0.0800. The van der Waals surface area contributed by atoms with Crippen LogP contribution in [0.3, 0.4) is 0 Å². The van der Waals surface area contributed by atoms with Crippen LogP contribution in [-0.2, 0) is 0 Å². The topological polar surface area (TPSA) is 15.3 Å². The summed E-state index contributed by atoms with van der Waals surface area (Å²) in [6.45, 7) is 14.8. The molecule has 1 heterocycles. The fraction of sp³-hybridized carbons (Fsp3) is 1.00. The van der Waals surface area contributed by atoms with Gasteiger partial charge in [-0.1, -0.05) is 20.8 Å². The van der Waals surface area contributed by atoms with Gasteiger partial charge in [0.15, 0.2) is 0 Å². The molecule has 3 rings (SSSR count). The molecule has 3 atom stereocenters. The molecule has 2 saturated carbocycles. The molecule has 3 aliphatic rings. The lowest BCUT2D eigenvalue weighted by Crippen LogP contribution is -2.52. The summed E-state index contributed by atoms with van der Waals surface area (Å²) in [7, 11) is 0. The fourth-order valence-corrected chi connectivity index (χ4v) is 5.32. The molecule has 1 aliphatic heterocycles. The van der Waals surface area contributed by atoms with E-state index in [1.807, 2.05) is 0 Å². The van der Waals surface area contributed by atoms with E-state index in [0.717, 1.165) is 24.0 Å². The quantitative estimate of drug-likeness (QED) is 0.847. The molecule has 0 radical (unpaired) electrons. The van der Waals surface area contributed by atoms with Crippen molar-refractivity contribution < 1.29 is 0 Å². The Morgan fingerprint density at radius 1 is 1.05 bits per heavy atom. The van der Waals surface area contributed by atoms with E-state index in [-0.39, 0.29) is 0 Å². The molecular weight excluding hydrogens is 244 g/mol. The second-order valence-electron chi connectivity index (χ2n) is 8.73. The molecule has 2 nitrogen and oxygen atoms in total. The number of nitrogens with one attached hydrogen (secondary N) is 1. The van der Waals surface area contributed by atoms with E-state index in [2.05, 4.69) is 44.8 Å². The number of piperidine rings is 1. The minimum atomic E-state index is 0.535. The van der Waals surface area contributed by atoms with Gasteiger partial charge in [0.1, 0.15) is 0 Å². The van der Waals surface area contributed by atoms with E-state index in [1.165, 1.54) is 45.2 Å². The van der Waals surface area contributed by atoms with Crippen LogP contribution in [-0.4, -0.2) is 36.1 Å². The van der Waals surface area contributed by atoms with E-state index >= 15 is 0 Å². The highest BCUT2D eigenvalue weighted by Gasteiger charge is 2.61. The fourth-order valence-electron chi connectivity index (χ4n) is 5.32. The highest BCUT2D eigenvalue weighted by molar-refractivity contribution is 5.13. The van der Waals surface area contributed by atoms with E-state index in [4.69, 9.17) is 0 Å². The Morgan fingerprint density at radius 3 is 2.15 bits per heavy atom. The van der Waals surface area contributed by atoms with E-state index in [1.54, 1.807) is 0 Å². The zero-order valence-corrected chi connectivity index (χ0v) is 14.2. The van der Waals surface area contributed by atoms with Crippen molar-refractivity contribution in [3.63, 3.8) is 0 Å². The number of likely N-dealkylation sites (tertiary alicyclic amines) is 1. The smallest absolute Gasteiger partial charge is 0.0131 e. The van der Waals surface area contributed by atoms with E-state index < -0.39 is 0 Å². The minimum Gasteiger partial charge on any atom is -0.311 e.